The number of rotatable bonds is 5. The first-order valence-corrected chi connectivity index (χ1v) is 8.16. The zero-order valence-electron chi connectivity index (χ0n) is 14.7. The fourth-order valence-electron chi connectivity index (χ4n) is 2.73. The summed E-state index contributed by atoms with van der Waals surface area (Å²) in [5.74, 6) is -0.961. The number of nitrogens with zero attached hydrogens (tertiary/aromatic N) is 2. The molecule has 0 bridgehead atoms. The molecule has 0 saturated carbocycles. The summed E-state index contributed by atoms with van der Waals surface area (Å²) < 4.78 is 39.4. The van der Waals surface area contributed by atoms with Gasteiger partial charge in [0, 0.05) is 18.7 Å². The van der Waals surface area contributed by atoms with Gasteiger partial charge in [0.2, 0.25) is 0 Å². The van der Waals surface area contributed by atoms with Crippen LogP contribution in [-0.4, -0.2) is 39.6 Å². The Morgan fingerprint density at radius 1 is 1.27 bits per heavy atom. The average molecular weight is 371 g/mol. The lowest BCUT2D eigenvalue weighted by Gasteiger charge is -2.25. The van der Waals surface area contributed by atoms with Gasteiger partial charge in [0.15, 0.2) is 0 Å². The van der Waals surface area contributed by atoms with E-state index >= 15 is 0 Å². The molecule has 0 fully saturated rings. The first-order valence-electron chi connectivity index (χ1n) is 8.16. The number of aromatic nitrogens is 2. The van der Waals surface area contributed by atoms with E-state index in [-0.39, 0.29) is 35.5 Å². The van der Waals surface area contributed by atoms with Crippen molar-refractivity contribution < 1.29 is 18.0 Å². The Balaban J connectivity index is 2.49. The first kappa shape index (κ1) is 19.7. The minimum absolute atomic E-state index is 0.0216. The molecule has 2 aromatic rings. The highest BCUT2D eigenvalue weighted by Gasteiger charge is 2.33. The molecule has 1 amide bonds. The fraction of sp³-hybridized carbons (Fsp3) is 0.471. The SMILES string of the molecule is CCn1c(=O)[nH]c2cc(C(=O)N(CC(C)C)CC(F)(F)F)ccc2c1=O. The maximum atomic E-state index is 12.8. The third kappa shape index (κ3) is 4.33. The minimum atomic E-state index is -4.52. The standard InChI is InChI=1S/C17H20F3N3O3/c1-4-23-15(25)12-6-5-11(7-13(12)21-16(23)26)14(24)22(8-10(2)3)9-17(18,19)20/h5-7,10H,4,8-9H2,1-3H3,(H,21,26). The molecule has 1 aromatic carbocycles. The number of aromatic amines is 1. The molecule has 0 saturated heterocycles. The summed E-state index contributed by atoms with van der Waals surface area (Å²) in [6.07, 6.45) is -4.52. The smallest absolute Gasteiger partial charge is 0.329 e. The number of alkyl halides is 3. The lowest BCUT2D eigenvalue weighted by molar-refractivity contribution is -0.141. The van der Waals surface area contributed by atoms with Crippen LogP contribution in [-0.2, 0) is 6.54 Å². The Morgan fingerprint density at radius 3 is 2.46 bits per heavy atom. The number of halogens is 3. The summed E-state index contributed by atoms with van der Waals surface area (Å²) in [6, 6.07) is 3.88. The van der Waals surface area contributed by atoms with Gasteiger partial charge in [-0.3, -0.25) is 14.2 Å². The molecule has 2 rings (SSSR count). The van der Waals surface area contributed by atoms with Gasteiger partial charge in [-0.15, -0.1) is 0 Å². The van der Waals surface area contributed by atoms with E-state index in [9.17, 15) is 27.6 Å². The van der Waals surface area contributed by atoms with Crippen molar-refractivity contribution in [2.45, 2.75) is 33.5 Å². The summed E-state index contributed by atoms with van der Waals surface area (Å²) in [7, 11) is 0. The molecular weight excluding hydrogens is 351 g/mol. The van der Waals surface area contributed by atoms with Crippen LogP contribution in [0.2, 0.25) is 0 Å². The summed E-state index contributed by atoms with van der Waals surface area (Å²) in [5, 5.41) is 0.189. The van der Waals surface area contributed by atoms with Gasteiger partial charge >= 0.3 is 11.9 Å². The summed E-state index contributed by atoms with van der Waals surface area (Å²) >= 11 is 0. The highest BCUT2D eigenvalue weighted by molar-refractivity contribution is 5.97. The Kier molecular flexibility index (Phi) is 5.58. The van der Waals surface area contributed by atoms with Crippen LogP contribution in [0.25, 0.3) is 10.9 Å². The maximum absolute atomic E-state index is 12.8. The van der Waals surface area contributed by atoms with Gasteiger partial charge in [0.25, 0.3) is 11.5 Å². The van der Waals surface area contributed by atoms with Crippen molar-refractivity contribution in [3.63, 3.8) is 0 Å². The van der Waals surface area contributed by atoms with Gasteiger partial charge in [0.1, 0.15) is 6.54 Å². The highest BCUT2D eigenvalue weighted by Crippen LogP contribution is 2.20. The third-order valence-corrected chi connectivity index (χ3v) is 3.79. The summed E-state index contributed by atoms with van der Waals surface area (Å²) in [4.78, 5) is 39.9. The topological polar surface area (TPSA) is 75.2 Å². The molecule has 6 nitrogen and oxygen atoms in total. The molecule has 9 heteroatoms. The molecule has 1 N–H and O–H groups in total. The third-order valence-electron chi connectivity index (χ3n) is 3.79. The normalized spacial score (nSPS) is 12.0. The number of nitrogens with one attached hydrogen (secondary N) is 1. The number of carbonyl (C=O) groups is 1. The molecule has 0 atom stereocenters. The zero-order valence-corrected chi connectivity index (χ0v) is 14.7. The van der Waals surface area contributed by atoms with Crippen molar-refractivity contribution in [3.05, 3.63) is 44.6 Å². The van der Waals surface area contributed by atoms with Gasteiger partial charge in [-0.05, 0) is 31.0 Å². The van der Waals surface area contributed by atoms with Crippen LogP contribution in [0.4, 0.5) is 13.2 Å². The molecule has 0 aliphatic rings. The van der Waals surface area contributed by atoms with Crippen LogP contribution in [0, 0.1) is 5.92 Å². The first-order chi connectivity index (χ1) is 12.0. The molecule has 0 aliphatic heterocycles. The zero-order chi connectivity index (χ0) is 19.6. The van der Waals surface area contributed by atoms with Crippen LogP contribution in [0.3, 0.4) is 0 Å². The number of amides is 1. The molecule has 1 heterocycles. The summed E-state index contributed by atoms with van der Waals surface area (Å²) in [5.41, 5.74) is -1.05. The Bertz CT molecular complexity index is 929. The lowest BCUT2D eigenvalue weighted by Crippen LogP contribution is -2.41. The molecule has 142 valence electrons. The summed E-state index contributed by atoms with van der Waals surface area (Å²) in [6.45, 7) is 3.81. The van der Waals surface area contributed by atoms with E-state index in [0.717, 1.165) is 9.47 Å². The van der Waals surface area contributed by atoms with E-state index in [1.165, 1.54) is 18.2 Å². The number of benzene rings is 1. The van der Waals surface area contributed by atoms with E-state index in [1.54, 1.807) is 20.8 Å². The van der Waals surface area contributed by atoms with E-state index in [0.29, 0.717) is 0 Å². The van der Waals surface area contributed by atoms with Crippen molar-refractivity contribution >= 4 is 16.8 Å². The van der Waals surface area contributed by atoms with E-state index in [1.807, 2.05) is 0 Å². The maximum Gasteiger partial charge on any atom is 0.406 e. The monoisotopic (exact) mass is 371 g/mol. The number of H-pyrrole nitrogens is 1. The largest absolute Gasteiger partial charge is 0.406 e. The molecule has 0 spiro atoms. The molecule has 1 aromatic heterocycles. The van der Waals surface area contributed by atoms with Crippen LogP contribution < -0.4 is 11.2 Å². The molecular formula is C17H20F3N3O3. The number of carbonyl (C=O) groups excluding carboxylic acids is 1. The number of hydrogen-bond donors (Lipinski definition) is 1. The Hall–Kier alpha value is -2.58. The van der Waals surface area contributed by atoms with Crippen LogP contribution >= 0.6 is 0 Å². The van der Waals surface area contributed by atoms with E-state index in [2.05, 4.69) is 4.98 Å². The molecule has 0 radical (unpaired) electrons. The molecule has 0 aliphatic carbocycles. The average Bonchev–Trinajstić information content (AvgIpc) is 2.51. The Morgan fingerprint density at radius 2 is 1.92 bits per heavy atom. The highest BCUT2D eigenvalue weighted by atomic mass is 19.4. The predicted octanol–water partition coefficient (Wildman–Crippen LogP) is 2.37. The van der Waals surface area contributed by atoms with Gasteiger partial charge in [-0.2, -0.15) is 13.2 Å². The Labute approximate surface area is 147 Å². The van der Waals surface area contributed by atoms with Gasteiger partial charge in [-0.25, -0.2) is 4.79 Å². The van der Waals surface area contributed by atoms with Gasteiger partial charge < -0.3 is 9.88 Å². The minimum Gasteiger partial charge on any atom is -0.329 e. The van der Waals surface area contributed by atoms with Crippen LogP contribution in [0.5, 0.6) is 0 Å². The van der Waals surface area contributed by atoms with Crippen molar-refractivity contribution in [2.24, 2.45) is 5.92 Å². The fourth-order valence-corrected chi connectivity index (χ4v) is 2.73. The second-order valence-corrected chi connectivity index (χ2v) is 6.43. The molecule has 0 unspecified atom stereocenters. The van der Waals surface area contributed by atoms with E-state index in [4.69, 9.17) is 0 Å². The number of fused-ring (bicyclic) bond motifs is 1. The van der Waals surface area contributed by atoms with Crippen molar-refractivity contribution in [1.82, 2.24) is 14.5 Å². The van der Waals surface area contributed by atoms with Crippen molar-refractivity contribution in [1.29, 1.82) is 0 Å². The lowest BCUT2D eigenvalue weighted by atomic mass is 10.1. The second-order valence-electron chi connectivity index (χ2n) is 6.43. The van der Waals surface area contributed by atoms with Gasteiger partial charge in [0.05, 0.1) is 10.9 Å². The van der Waals surface area contributed by atoms with Crippen molar-refractivity contribution in [3.8, 4) is 0 Å². The molecule has 26 heavy (non-hydrogen) atoms. The van der Waals surface area contributed by atoms with Crippen LogP contribution in [0.15, 0.2) is 27.8 Å². The second kappa shape index (κ2) is 7.35. The van der Waals surface area contributed by atoms with Crippen molar-refractivity contribution in [2.75, 3.05) is 13.1 Å². The van der Waals surface area contributed by atoms with E-state index < -0.39 is 29.9 Å². The van der Waals surface area contributed by atoms with Gasteiger partial charge in [-0.1, -0.05) is 13.8 Å². The predicted molar refractivity (Wildman–Crippen MR) is 91.3 cm³/mol. The number of hydrogen-bond acceptors (Lipinski definition) is 3. The quantitative estimate of drug-likeness (QED) is 0.877. The van der Waals surface area contributed by atoms with Crippen LogP contribution in [0.1, 0.15) is 31.1 Å².